The second-order valence-corrected chi connectivity index (χ2v) is 8.84. The molecule has 0 aromatic heterocycles. The monoisotopic (exact) mass is 442 g/mol. The van der Waals surface area contributed by atoms with E-state index in [1.165, 1.54) is 52.7 Å². The third kappa shape index (κ3) is 5.00. The number of sulfonamides is 1. The van der Waals surface area contributed by atoms with Gasteiger partial charge in [0.05, 0.1) is 23.7 Å². The molecule has 0 bridgehead atoms. The Balaban J connectivity index is 1.78. The van der Waals surface area contributed by atoms with Crippen LogP contribution in [0.2, 0.25) is 0 Å². The second kappa shape index (κ2) is 8.75. The molecule has 6 nitrogen and oxygen atoms in total. The number of amides is 1. The molecule has 0 saturated carbocycles. The van der Waals surface area contributed by atoms with E-state index in [0.29, 0.717) is 18.8 Å². The zero-order valence-corrected chi connectivity index (χ0v) is 17.0. The second-order valence-electron chi connectivity index (χ2n) is 6.90. The molecule has 1 aliphatic rings. The van der Waals surface area contributed by atoms with Gasteiger partial charge < -0.3 is 9.64 Å². The van der Waals surface area contributed by atoms with E-state index in [-0.39, 0.29) is 30.1 Å². The van der Waals surface area contributed by atoms with Gasteiger partial charge >= 0.3 is 6.18 Å². The first-order chi connectivity index (χ1) is 14.1. The Bertz CT molecular complexity index is 1020. The van der Waals surface area contributed by atoms with Gasteiger partial charge in [0, 0.05) is 32.2 Å². The Morgan fingerprint density at radius 1 is 1.10 bits per heavy atom. The van der Waals surface area contributed by atoms with Crippen LogP contribution in [-0.2, 0) is 27.5 Å². The molecule has 1 aliphatic heterocycles. The molecule has 0 radical (unpaired) electrons. The molecular weight excluding hydrogens is 421 g/mol. The zero-order chi connectivity index (χ0) is 21.9. The number of hydrogen-bond acceptors (Lipinski definition) is 4. The third-order valence-corrected chi connectivity index (χ3v) is 6.60. The van der Waals surface area contributed by atoms with E-state index in [2.05, 4.69) is 0 Å². The predicted octanol–water partition coefficient (Wildman–Crippen LogP) is 3.00. The molecule has 1 amide bonds. The lowest BCUT2D eigenvalue weighted by atomic mass is 10.1. The van der Waals surface area contributed by atoms with Crippen LogP contribution in [0.15, 0.2) is 53.4 Å². The van der Waals surface area contributed by atoms with Crippen LogP contribution in [0.4, 0.5) is 13.2 Å². The molecule has 10 heteroatoms. The van der Waals surface area contributed by atoms with Crippen molar-refractivity contribution in [3.8, 4) is 0 Å². The fraction of sp³-hybridized carbons (Fsp3) is 0.350. The lowest BCUT2D eigenvalue weighted by Crippen LogP contribution is -2.40. The van der Waals surface area contributed by atoms with Crippen molar-refractivity contribution in [3.05, 3.63) is 65.2 Å². The summed E-state index contributed by atoms with van der Waals surface area (Å²) in [5.41, 5.74) is -0.337. The first-order valence-corrected chi connectivity index (χ1v) is 10.6. The minimum absolute atomic E-state index is 0.0114. The number of carbonyl (C=O) groups is 1. The molecule has 1 saturated heterocycles. The number of nitrogens with zero attached hydrogens (tertiary/aromatic N) is 2. The van der Waals surface area contributed by atoms with Crippen LogP contribution >= 0.6 is 0 Å². The highest BCUT2D eigenvalue weighted by Gasteiger charge is 2.30. The minimum atomic E-state index is -4.47. The maximum absolute atomic E-state index is 12.9. The van der Waals surface area contributed by atoms with Crippen LogP contribution in [0.5, 0.6) is 0 Å². The van der Waals surface area contributed by atoms with Gasteiger partial charge in [-0.15, -0.1) is 0 Å². The van der Waals surface area contributed by atoms with Crippen LogP contribution in [-0.4, -0.2) is 56.9 Å². The van der Waals surface area contributed by atoms with Gasteiger partial charge in [-0.1, -0.05) is 18.2 Å². The topological polar surface area (TPSA) is 66.9 Å². The van der Waals surface area contributed by atoms with E-state index in [4.69, 9.17) is 4.74 Å². The zero-order valence-electron chi connectivity index (χ0n) is 16.2. The largest absolute Gasteiger partial charge is 0.416 e. The Morgan fingerprint density at radius 2 is 1.77 bits per heavy atom. The summed E-state index contributed by atoms with van der Waals surface area (Å²) < 4.78 is 70.7. The standard InChI is InChI=1S/C20H21F3N2O4S/c1-24(14-15-4-2-6-17(12-15)20(21,22)23)19(26)16-5-3-7-18(13-16)30(27,28)25-8-10-29-11-9-25/h2-7,12-13H,8-11,14H2,1H3. The summed E-state index contributed by atoms with van der Waals surface area (Å²) in [7, 11) is -2.32. The molecule has 2 aromatic carbocycles. The first kappa shape index (κ1) is 22.3. The van der Waals surface area contributed by atoms with Gasteiger partial charge in [-0.25, -0.2) is 8.42 Å². The van der Waals surface area contributed by atoms with Crippen LogP contribution in [0, 0.1) is 0 Å². The van der Waals surface area contributed by atoms with Gasteiger partial charge in [0.1, 0.15) is 0 Å². The van der Waals surface area contributed by atoms with Crippen LogP contribution in [0.25, 0.3) is 0 Å². The van der Waals surface area contributed by atoms with Crippen LogP contribution in [0.3, 0.4) is 0 Å². The van der Waals surface area contributed by atoms with Gasteiger partial charge in [0.2, 0.25) is 10.0 Å². The van der Waals surface area contributed by atoms with Gasteiger partial charge in [0.25, 0.3) is 5.91 Å². The molecule has 162 valence electrons. The lowest BCUT2D eigenvalue weighted by Gasteiger charge is -2.26. The van der Waals surface area contributed by atoms with Gasteiger partial charge in [0.15, 0.2) is 0 Å². The summed E-state index contributed by atoms with van der Waals surface area (Å²) >= 11 is 0. The lowest BCUT2D eigenvalue weighted by molar-refractivity contribution is -0.137. The molecule has 0 unspecified atom stereocenters. The first-order valence-electron chi connectivity index (χ1n) is 9.18. The minimum Gasteiger partial charge on any atom is -0.379 e. The summed E-state index contributed by atoms with van der Waals surface area (Å²) in [6.45, 7) is 1.02. The predicted molar refractivity (Wildman–Crippen MR) is 103 cm³/mol. The number of carbonyl (C=O) groups excluding carboxylic acids is 1. The summed E-state index contributed by atoms with van der Waals surface area (Å²) in [6, 6.07) is 10.4. The van der Waals surface area contributed by atoms with Crippen LogP contribution < -0.4 is 0 Å². The van der Waals surface area contributed by atoms with E-state index in [1.54, 1.807) is 0 Å². The van der Waals surface area contributed by atoms with E-state index >= 15 is 0 Å². The van der Waals surface area contributed by atoms with Crippen molar-refractivity contribution < 1.29 is 31.1 Å². The van der Waals surface area contributed by atoms with Crippen molar-refractivity contribution in [1.29, 1.82) is 0 Å². The maximum atomic E-state index is 12.9. The summed E-state index contributed by atoms with van der Waals surface area (Å²) in [5.74, 6) is -0.494. The Labute approximate surface area is 172 Å². The molecular formula is C20H21F3N2O4S. The molecule has 2 aromatic rings. The van der Waals surface area contributed by atoms with Gasteiger partial charge in [-0.2, -0.15) is 17.5 Å². The fourth-order valence-electron chi connectivity index (χ4n) is 3.14. The molecule has 0 aliphatic carbocycles. The average molecular weight is 442 g/mol. The molecule has 30 heavy (non-hydrogen) atoms. The highest BCUT2D eigenvalue weighted by atomic mass is 32.2. The molecule has 1 fully saturated rings. The smallest absolute Gasteiger partial charge is 0.379 e. The Morgan fingerprint density at radius 3 is 2.43 bits per heavy atom. The normalized spacial score (nSPS) is 15.7. The average Bonchev–Trinajstić information content (AvgIpc) is 2.73. The SMILES string of the molecule is CN(Cc1cccc(C(F)(F)F)c1)C(=O)c1cccc(S(=O)(=O)N2CCOCC2)c1. The highest BCUT2D eigenvalue weighted by Crippen LogP contribution is 2.29. The number of benzene rings is 2. The summed E-state index contributed by atoms with van der Waals surface area (Å²) in [6.07, 6.45) is -4.47. The van der Waals surface area contributed by atoms with E-state index in [0.717, 1.165) is 12.1 Å². The quantitative estimate of drug-likeness (QED) is 0.714. The van der Waals surface area contributed by atoms with Crippen molar-refractivity contribution in [3.63, 3.8) is 0 Å². The summed E-state index contributed by atoms with van der Waals surface area (Å²) in [4.78, 5) is 14.0. The van der Waals surface area contributed by atoms with Gasteiger partial charge in [-0.05, 0) is 35.9 Å². The van der Waals surface area contributed by atoms with Crippen molar-refractivity contribution in [2.45, 2.75) is 17.6 Å². The van der Waals surface area contributed by atoms with Crippen molar-refractivity contribution in [2.75, 3.05) is 33.4 Å². The van der Waals surface area contributed by atoms with Crippen molar-refractivity contribution in [1.82, 2.24) is 9.21 Å². The molecule has 0 atom stereocenters. The van der Waals surface area contributed by atoms with E-state index in [1.807, 2.05) is 0 Å². The van der Waals surface area contributed by atoms with E-state index < -0.39 is 27.7 Å². The Kier molecular flexibility index (Phi) is 6.49. The van der Waals surface area contributed by atoms with Crippen molar-refractivity contribution in [2.24, 2.45) is 0 Å². The molecule has 3 rings (SSSR count). The fourth-order valence-corrected chi connectivity index (χ4v) is 4.59. The van der Waals surface area contributed by atoms with Crippen molar-refractivity contribution >= 4 is 15.9 Å². The molecule has 0 spiro atoms. The number of hydrogen-bond donors (Lipinski definition) is 0. The number of ether oxygens (including phenoxy) is 1. The number of morpholine rings is 1. The maximum Gasteiger partial charge on any atom is 0.416 e. The molecule has 1 heterocycles. The Hall–Kier alpha value is -2.43. The van der Waals surface area contributed by atoms with E-state index in [9.17, 15) is 26.4 Å². The van der Waals surface area contributed by atoms with Gasteiger partial charge in [-0.3, -0.25) is 4.79 Å². The third-order valence-electron chi connectivity index (χ3n) is 4.71. The number of alkyl halides is 3. The highest BCUT2D eigenvalue weighted by molar-refractivity contribution is 7.89. The van der Waals surface area contributed by atoms with Crippen LogP contribution in [0.1, 0.15) is 21.5 Å². The summed E-state index contributed by atoms with van der Waals surface area (Å²) in [5, 5.41) is 0. The molecule has 0 N–H and O–H groups in total. The number of rotatable bonds is 5. The number of halogens is 3.